The van der Waals surface area contributed by atoms with Crippen molar-refractivity contribution in [3.05, 3.63) is 29.7 Å². The zero-order valence-corrected chi connectivity index (χ0v) is 7.50. The van der Waals surface area contributed by atoms with E-state index in [1.54, 1.807) is 6.07 Å². The number of carbonyl (C=O) groups excluding carboxylic acids is 1. The molecule has 0 bridgehead atoms. The molecule has 2 aromatic rings. The third-order valence-corrected chi connectivity index (χ3v) is 2.06. The van der Waals surface area contributed by atoms with E-state index in [4.69, 9.17) is 4.74 Å². The zero-order valence-electron chi connectivity index (χ0n) is 7.50. The lowest BCUT2D eigenvalue weighted by Gasteiger charge is -1.96. The monoisotopic (exact) mass is 193 g/mol. The number of H-pyrrole nitrogens is 1. The first kappa shape index (κ1) is 8.74. The number of halogens is 1. The number of aromatic nitrogens is 1. The van der Waals surface area contributed by atoms with Crippen molar-refractivity contribution in [1.29, 1.82) is 0 Å². The van der Waals surface area contributed by atoms with Gasteiger partial charge in [-0.15, -0.1) is 0 Å². The molecule has 0 amide bonds. The Bertz CT molecular complexity index is 490. The average Bonchev–Trinajstić information content (AvgIpc) is 2.54. The number of carbonyl (C=O) groups is 1. The highest BCUT2D eigenvalue weighted by Crippen LogP contribution is 2.29. The molecule has 0 saturated heterocycles. The number of methoxy groups -OCH3 is 1. The first-order valence-electron chi connectivity index (χ1n) is 4.06. The largest absolute Gasteiger partial charge is 0.494 e. The van der Waals surface area contributed by atoms with Gasteiger partial charge in [0.15, 0.2) is 12.0 Å². The molecular formula is C10H8FNO2. The highest BCUT2D eigenvalue weighted by atomic mass is 19.1. The van der Waals surface area contributed by atoms with Gasteiger partial charge in [0.2, 0.25) is 0 Å². The highest BCUT2D eigenvalue weighted by molar-refractivity contribution is 5.95. The smallest absolute Gasteiger partial charge is 0.170 e. The molecule has 72 valence electrons. The Hall–Kier alpha value is -1.84. The zero-order chi connectivity index (χ0) is 10.1. The summed E-state index contributed by atoms with van der Waals surface area (Å²) in [5, 5.41) is 0.578. The molecule has 2 rings (SSSR count). The number of rotatable bonds is 2. The van der Waals surface area contributed by atoms with Crippen molar-refractivity contribution >= 4 is 17.2 Å². The Labute approximate surface area is 79.5 Å². The third-order valence-electron chi connectivity index (χ3n) is 2.06. The van der Waals surface area contributed by atoms with Crippen LogP contribution in [0.25, 0.3) is 10.9 Å². The summed E-state index contributed by atoms with van der Waals surface area (Å²) in [6.07, 6.45) is 0.650. The van der Waals surface area contributed by atoms with Gasteiger partial charge in [-0.2, -0.15) is 0 Å². The van der Waals surface area contributed by atoms with Crippen LogP contribution >= 0.6 is 0 Å². The summed E-state index contributed by atoms with van der Waals surface area (Å²) in [6.45, 7) is 0. The van der Waals surface area contributed by atoms with Crippen molar-refractivity contribution in [2.45, 2.75) is 0 Å². The van der Waals surface area contributed by atoms with Crippen LogP contribution in [0.3, 0.4) is 0 Å². The van der Waals surface area contributed by atoms with Crippen molar-refractivity contribution in [3.8, 4) is 5.75 Å². The van der Waals surface area contributed by atoms with Gasteiger partial charge >= 0.3 is 0 Å². The number of benzene rings is 1. The topological polar surface area (TPSA) is 42.1 Å². The van der Waals surface area contributed by atoms with E-state index in [9.17, 15) is 9.18 Å². The molecule has 1 heterocycles. The van der Waals surface area contributed by atoms with Crippen LogP contribution < -0.4 is 4.74 Å². The van der Waals surface area contributed by atoms with Gasteiger partial charge in [0.25, 0.3) is 0 Å². The summed E-state index contributed by atoms with van der Waals surface area (Å²) in [5.41, 5.74) is 1.01. The molecule has 0 spiro atoms. The van der Waals surface area contributed by atoms with Gasteiger partial charge in [-0.1, -0.05) is 0 Å². The van der Waals surface area contributed by atoms with Crippen LogP contribution in [0.5, 0.6) is 5.75 Å². The molecule has 0 radical (unpaired) electrons. The summed E-state index contributed by atoms with van der Waals surface area (Å²) in [5.74, 6) is 0.0294. The lowest BCUT2D eigenvalue weighted by molar-refractivity contribution is 0.111. The maximum Gasteiger partial charge on any atom is 0.170 e. The van der Waals surface area contributed by atoms with Gasteiger partial charge in [0, 0.05) is 10.9 Å². The van der Waals surface area contributed by atoms with E-state index in [2.05, 4.69) is 4.98 Å². The SMILES string of the molecule is COc1c(C=O)[nH]c2ccc(F)cc12. The van der Waals surface area contributed by atoms with Gasteiger partial charge in [0.05, 0.1) is 7.11 Å². The average molecular weight is 193 g/mol. The molecule has 4 heteroatoms. The Morgan fingerprint density at radius 1 is 1.50 bits per heavy atom. The number of aromatic amines is 1. The number of hydrogen-bond acceptors (Lipinski definition) is 2. The van der Waals surface area contributed by atoms with E-state index in [0.717, 1.165) is 0 Å². The standard InChI is InChI=1S/C10H8FNO2/c1-14-10-7-4-6(11)2-3-8(7)12-9(10)5-13/h2-5,12H,1H3. The molecule has 1 aromatic heterocycles. The minimum Gasteiger partial charge on any atom is -0.494 e. The fourth-order valence-electron chi connectivity index (χ4n) is 1.46. The van der Waals surface area contributed by atoms with Crippen LogP contribution in [0.2, 0.25) is 0 Å². The molecule has 0 aliphatic carbocycles. The van der Waals surface area contributed by atoms with Crippen molar-refractivity contribution in [1.82, 2.24) is 4.98 Å². The lowest BCUT2D eigenvalue weighted by atomic mass is 10.2. The van der Waals surface area contributed by atoms with Crippen molar-refractivity contribution in [2.75, 3.05) is 7.11 Å². The number of fused-ring (bicyclic) bond motifs is 1. The summed E-state index contributed by atoms with van der Waals surface area (Å²) >= 11 is 0. The number of aldehydes is 1. The van der Waals surface area contributed by atoms with E-state index in [1.807, 2.05) is 0 Å². The van der Waals surface area contributed by atoms with Crippen LogP contribution in [0.15, 0.2) is 18.2 Å². The van der Waals surface area contributed by atoms with Crippen LogP contribution in [0.4, 0.5) is 4.39 Å². The second-order valence-corrected chi connectivity index (χ2v) is 2.88. The highest BCUT2D eigenvalue weighted by Gasteiger charge is 2.11. The van der Waals surface area contributed by atoms with E-state index in [1.165, 1.54) is 19.2 Å². The second kappa shape index (κ2) is 3.14. The molecule has 0 fully saturated rings. The first-order chi connectivity index (χ1) is 6.76. The quantitative estimate of drug-likeness (QED) is 0.742. The molecule has 1 aromatic carbocycles. The molecular weight excluding hydrogens is 185 g/mol. The van der Waals surface area contributed by atoms with Gasteiger partial charge in [0.1, 0.15) is 11.5 Å². The van der Waals surface area contributed by atoms with Gasteiger partial charge < -0.3 is 9.72 Å². The Balaban J connectivity index is 2.81. The summed E-state index contributed by atoms with van der Waals surface area (Å²) in [4.78, 5) is 13.5. The minimum atomic E-state index is -0.354. The first-order valence-corrected chi connectivity index (χ1v) is 4.06. The summed E-state index contributed by atoms with van der Waals surface area (Å²) < 4.78 is 17.9. The Kier molecular flexibility index (Phi) is 1.96. The molecule has 0 saturated carbocycles. The van der Waals surface area contributed by atoms with Crippen molar-refractivity contribution in [2.24, 2.45) is 0 Å². The Morgan fingerprint density at radius 3 is 2.93 bits per heavy atom. The second-order valence-electron chi connectivity index (χ2n) is 2.88. The molecule has 0 aliphatic rings. The Morgan fingerprint density at radius 2 is 2.29 bits per heavy atom. The summed E-state index contributed by atoms with van der Waals surface area (Å²) in [7, 11) is 1.44. The van der Waals surface area contributed by atoms with Crippen LogP contribution in [-0.2, 0) is 0 Å². The van der Waals surface area contributed by atoms with Gasteiger partial charge in [-0.05, 0) is 18.2 Å². The molecule has 0 unspecified atom stereocenters. The summed E-state index contributed by atoms with van der Waals surface area (Å²) in [6, 6.07) is 4.23. The van der Waals surface area contributed by atoms with E-state index in [0.29, 0.717) is 28.6 Å². The van der Waals surface area contributed by atoms with Crippen molar-refractivity contribution in [3.63, 3.8) is 0 Å². The predicted octanol–water partition coefficient (Wildman–Crippen LogP) is 2.13. The fourth-order valence-corrected chi connectivity index (χ4v) is 1.46. The predicted molar refractivity (Wildman–Crippen MR) is 50.2 cm³/mol. The van der Waals surface area contributed by atoms with E-state index in [-0.39, 0.29) is 5.82 Å². The maximum atomic E-state index is 12.9. The van der Waals surface area contributed by atoms with E-state index >= 15 is 0 Å². The number of nitrogens with one attached hydrogen (secondary N) is 1. The minimum absolute atomic E-state index is 0.327. The fraction of sp³-hybridized carbons (Fsp3) is 0.100. The normalized spacial score (nSPS) is 10.4. The van der Waals surface area contributed by atoms with E-state index < -0.39 is 0 Å². The molecule has 0 atom stereocenters. The van der Waals surface area contributed by atoms with Crippen LogP contribution in [0.1, 0.15) is 10.5 Å². The van der Waals surface area contributed by atoms with Gasteiger partial charge in [-0.25, -0.2) is 4.39 Å². The third kappa shape index (κ3) is 1.16. The number of ether oxygens (including phenoxy) is 1. The molecule has 1 N–H and O–H groups in total. The lowest BCUT2D eigenvalue weighted by Crippen LogP contribution is -1.86. The molecule has 14 heavy (non-hydrogen) atoms. The number of hydrogen-bond donors (Lipinski definition) is 1. The van der Waals surface area contributed by atoms with Crippen molar-refractivity contribution < 1.29 is 13.9 Å². The van der Waals surface area contributed by atoms with Gasteiger partial charge in [-0.3, -0.25) is 4.79 Å². The maximum absolute atomic E-state index is 12.9. The van der Waals surface area contributed by atoms with Crippen LogP contribution in [0, 0.1) is 5.82 Å². The molecule has 0 aliphatic heterocycles. The molecule has 3 nitrogen and oxygen atoms in total. The van der Waals surface area contributed by atoms with Crippen LogP contribution in [-0.4, -0.2) is 18.4 Å².